The van der Waals surface area contributed by atoms with Gasteiger partial charge in [0.2, 0.25) is 0 Å². The molecule has 7 nitrogen and oxygen atoms in total. The number of hydrogen-bond donors (Lipinski definition) is 2. The molecule has 0 bridgehead atoms. The second kappa shape index (κ2) is 10.3. The molecule has 0 unspecified atom stereocenters. The molecule has 1 aromatic carbocycles. The highest BCUT2D eigenvalue weighted by molar-refractivity contribution is 14.0. The maximum absolute atomic E-state index is 5.99. The minimum atomic E-state index is 0. The molecule has 2 heterocycles. The molecule has 0 radical (unpaired) electrons. The monoisotopic (exact) mass is 482 g/mol. The number of nitrogens with two attached hydrogens (primary N) is 1. The van der Waals surface area contributed by atoms with Crippen molar-refractivity contribution in [3.05, 3.63) is 48.2 Å². The van der Waals surface area contributed by atoms with Crippen molar-refractivity contribution in [2.75, 3.05) is 50.6 Å². The van der Waals surface area contributed by atoms with Gasteiger partial charge in [-0.2, -0.15) is 0 Å². The van der Waals surface area contributed by atoms with E-state index in [2.05, 4.69) is 44.3 Å². The number of aromatic nitrogens is 1. The molecule has 0 atom stereocenters. The number of benzene rings is 1. The minimum Gasteiger partial charge on any atom is -0.495 e. The van der Waals surface area contributed by atoms with Crippen LogP contribution in [0.4, 0.5) is 11.5 Å². The van der Waals surface area contributed by atoms with E-state index in [4.69, 9.17) is 10.5 Å². The Morgan fingerprint density at radius 2 is 1.93 bits per heavy atom. The van der Waals surface area contributed by atoms with E-state index in [1.54, 1.807) is 7.11 Å². The topological polar surface area (TPSA) is 79.0 Å². The zero-order valence-corrected chi connectivity index (χ0v) is 18.1. The fraction of sp³-hybridized carbons (Fsp3) is 0.368. The first kappa shape index (κ1) is 21.2. The molecule has 0 spiro atoms. The number of anilines is 2. The van der Waals surface area contributed by atoms with Gasteiger partial charge < -0.3 is 25.6 Å². The van der Waals surface area contributed by atoms with Crippen molar-refractivity contribution in [2.45, 2.75) is 6.54 Å². The van der Waals surface area contributed by atoms with Crippen LogP contribution >= 0.6 is 24.0 Å². The van der Waals surface area contributed by atoms with Crippen LogP contribution in [0.25, 0.3) is 0 Å². The van der Waals surface area contributed by atoms with E-state index in [9.17, 15) is 0 Å². The normalized spacial score (nSPS) is 15.2. The Kier molecular flexibility index (Phi) is 8.11. The lowest BCUT2D eigenvalue weighted by atomic mass is 10.2. The molecule has 0 aliphatic carbocycles. The number of nitrogens with zero attached hydrogens (tertiary/aromatic N) is 4. The number of para-hydroxylation sites is 2. The van der Waals surface area contributed by atoms with Crippen molar-refractivity contribution < 1.29 is 4.74 Å². The van der Waals surface area contributed by atoms with Crippen LogP contribution in [0.2, 0.25) is 0 Å². The zero-order chi connectivity index (χ0) is 18.4. The Balaban J connectivity index is 0.00000261. The lowest BCUT2D eigenvalue weighted by molar-refractivity contribution is 0.312. The van der Waals surface area contributed by atoms with Gasteiger partial charge in [0.25, 0.3) is 0 Å². The Morgan fingerprint density at radius 1 is 1.19 bits per heavy atom. The summed E-state index contributed by atoms with van der Waals surface area (Å²) in [7, 11) is 3.77. The van der Waals surface area contributed by atoms with Crippen molar-refractivity contribution >= 4 is 41.4 Å². The number of guanidine groups is 1. The summed E-state index contributed by atoms with van der Waals surface area (Å²) in [5, 5.41) is 3.07. The first-order chi connectivity index (χ1) is 12.7. The van der Waals surface area contributed by atoms with Crippen molar-refractivity contribution in [2.24, 2.45) is 10.7 Å². The lowest BCUT2D eigenvalue weighted by Gasteiger charge is -2.33. The molecule has 1 fully saturated rings. The van der Waals surface area contributed by atoms with Gasteiger partial charge in [-0.1, -0.05) is 18.2 Å². The number of hydrogen-bond acceptors (Lipinski definition) is 5. The van der Waals surface area contributed by atoms with E-state index < -0.39 is 0 Å². The Labute approximate surface area is 177 Å². The van der Waals surface area contributed by atoms with Crippen LogP contribution in [0.5, 0.6) is 5.75 Å². The van der Waals surface area contributed by atoms with Crippen molar-refractivity contribution in [1.82, 2.24) is 9.88 Å². The summed E-state index contributed by atoms with van der Waals surface area (Å²) >= 11 is 0. The predicted molar refractivity (Wildman–Crippen MR) is 121 cm³/mol. The molecule has 146 valence electrons. The van der Waals surface area contributed by atoms with E-state index in [0.717, 1.165) is 49.0 Å². The molecule has 27 heavy (non-hydrogen) atoms. The van der Waals surface area contributed by atoms with Crippen LogP contribution in [-0.2, 0) is 6.54 Å². The van der Waals surface area contributed by atoms with Crippen LogP contribution in [0, 0.1) is 0 Å². The minimum absolute atomic E-state index is 0. The second-order valence-corrected chi connectivity index (χ2v) is 6.34. The predicted octanol–water partition coefficient (Wildman–Crippen LogP) is 2.39. The Bertz CT molecular complexity index is 744. The molecular weight excluding hydrogens is 455 g/mol. The van der Waals surface area contributed by atoms with Gasteiger partial charge in [-0.05, 0) is 30.8 Å². The molecular formula is C19H27IN6O. The third-order valence-electron chi connectivity index (χ3n) is 4.44. The number of pyridine rings is 1. The summed E-state index contributed by atoms with van der Waals surface area (Å²) in [5.41, 5.74) is 7.80. The fourth-order valence-corrected chi connectivity index (χ4v) is 2.83. The standard InChI is InChI=1S/C19H26N6O.HI/c1-24-9-11-25(12-10-24)18-8-7-15(13-21-18)14-22-19(20)23-16-5-3-4-6-17(16)26-2;/h3-8,13H,9-12,14H2,1-2H3,(H3,20,22,23);1H. The number of ether oxygens (including phenoxy) is 1. The van der Waals surface area contributed by atoms with Crippen LogP contribution in [-0.4, -0.2) is 56.2 Å². The molecule has 0 saturated carbocycles. The highest BCUT2D eigenvalue weighted by Gasteiger charge is 2.14. The number of likely N-dealkylation sites (N-methyl/N-ethyl adjacent to an activating group) is 1. The summed E-state index contributed by atoms with van der Waals surface area (Å²) in [6, 6.07) is 11.7. The van der Waals surface area contributed by atoms with Crippen molar-refractivity contribution in [3.63, 3.8) is 0 Å². The fourth-order valence-electron chi connectivity index (χ4n) is 2.83. The van der Waals surface area contributed by atoms with E-state index in [-0.39, 0.29) is 24.0 Å². The second-order valence-electron chi connectivity index (χ2n) is 6.34. The van der Waals surface area contributed by atoms with Gasteiger partial charge in [0.05, 0.1) is 19.3 Å². The SMILES string of the molecule is COc1ccccc1NC(N)=NCc1ccc(N2CCN(C)CC2)nc1.I. The van der Waals surface area contributed by atoms with E-state index in [0.29, 0.717) is 12.5 Å². The molecule has 1 saturated heterocycles. The largest absolute Gasteiger partial charge is 0.495 e. The Morgan fingerprint density at radius 3 is 2.59 bits per heavy atom. The van der Waals surface area contributed by atoms with Crippen LogP contribution in [0.15, 0.2) is 47.6 Å². The van der Waals surface area contributed by atoms with Gasteiger partial charge in [-0.25, -0.2) is 9.98 Å². The first-order valence-corrected chi connectivity index (χ1v) is 8.74. The number of piperazine rings is 1. The summed E-state index contributed by atoms with van der Waals surface area (Å²) in [6.07, 6.45) is 1.87. The smallest absolute Gasteiger partial charge is 0.193 e. The van der Waals surface area contributed by atoms with Gasteiger partial charge in [0.1, 0.15) is 11.6 Å². The molecule has 1 aliphatic heterocycles. The van der Waals surface area contributed by atoms with Gasteiger partial charge in [0, 0.05) is 32.4 Å². The number of methoxy groups -OCH3 is 1. The molecule has 0 amide bonds. The molecule has 1 aliphatic rings. The third-order valence-corrected chi connectivity index (χ3v) is 4.44. The van der Waals surface area contributed by atoms with Crippen molar-refractivity contribution in [3.8, 4) is 5.75 Å². The van der Waals surface area contributed by atoms with Crippen LogP contribution in [0.1, 0.15) is 5.56 Å². The van der Waals surface area contributed by atoms with Gasteiger partial charge in [0.15, 0.2) is 5.96 Å². The van der Waals surface area contributed by atoms with Crippen molar-refractivity contribution in [1.29, 1.82) is 0 Å². The van der Waals surface area contributed by atoms with E-state index in [1.165, 1.54) is 0 Å². The number of rotatable bonds is 5. The molecule has 1 aromatic heterocycles. The van der Waals surface area contributed by atoms with Gasteiger partial charge >= 0.3 is 0 Å². The number of aliphatic imine (C=N–C) groups is 1. The van der Waals surface area contributed by atoms with Crippen LogP contribution < -0.4 is 20.7 Å². The quantitative estimate of drug-likeness (QED) is 0.387. The maximum atomic E-state index is 5.99. The average molecular weight is 482 g/mol. The highest BCUT2D eigenvalue weighted by atomic mass is 127. The summed E-state index contributed by atoms with van der Waals surface area (Å²) in [6.45, 7) is 4.63. The van der Waals surface area contributed by atoms with E-state index >= 15 is 0 Å². The van der Waals surface area contributed by atoms with E-state index in [1.807, 2.05) is 30.5 Å². The summed E-state index contributed by atoms with van der Waals surface area (Å²) in [5.74, 6) is 2.09. The summed E-state index contributed by atoms with van der Waals surface area (Å²) in [4.78, 5) is 13.6. The highest BCUT2D eigenvalue weighted by Crippen LogP contribution is 2.22. The maximum Gasteiger partial charge on any atom is 0.193 e. The zero-order valence-electron chi connectivity index (χ0n) is 15.8. The lowest BCUT2D eigenvalue weighted by Crippen LogP contribution is -2.44. The number of halogens is 1. The molecule has 2 aromatic rings. The summed E-state index contributed by atoms with van der Waals surface area (Å²) < 4.78 is 5.30. The average Bonchev–Trinajstić information content (AvgIpc) is 2.68. The van der Waals surface area contributed by atoms with Crippen LogP contribution in [0.3, 0.4) is 0 Å². The first-order valence-electron chi connectivity index (χ1n) is 8.74. The molecule has 3 rings (SSSR count). The third kappa shape index (κ3) is 5.96. The van der Waals surface area contributed by atoms with Gasteiger partial charge in [-0.15, -0.1) is 24.0 Å². The Hall–Kier alpha value is -2.07. The molecule has 3 N–H and O–H groups in total. The molecule has 8 heteroatoms. The number of nitrogens with one attached hydrogen (secondary N) is 1. The van der Waals surface area contributed by atoms with Gasteiger partial charge in [-0.3, -0.25) is 0 Å².